The van der Waals surface area contributed by atoms with E-state index in [9.17, 15) is 19.2 Å². The molecule has 152 valence electrons. The van der Waals surface area contributed by atoms with Crippen molar-refractivity contribution in [1.82, 2.24) is 10.6 Å². The smallest absolute Gasteiger partial charge is 0.326 e. The minimum absolute atomic E-state index is 0.0178. The number of hydrogen-bond donors (Lipinski definition) is 4. The lowest BCUT2D eigenvalue weighted by Crippen LogP contribution is -2.46. The third-order valence-electron chi connectivity index (χ3n) is 4.61. The van der Waals surface area contributed by atoms with Crippen LogP contribution in [0.15, 0.2) is 24.3 Å². The molecule has 1 aliphatic rings. The predicted molar refractivity (Wildman–Crippen MR) is 104 cm³/mol. The number of anilines is 1. The summed E-state index contributed by atoms with van der Waals surface area (Å²) in [5.41, 5.74) is 0.943. The highest BCUT2D eigenvalue weighted by Crippen LogP contribution is 2.38. The maximum Gasteiger partial charge on any atom is 0.326 e. The van der Waals surface area contributed by atoms with Crippen LogP contribution in [0.3, 0.4) is 0 Å². The van der Waals surface area contributed by atoms with Crippen LogP contribution in [0.4, 0.5) is 5.69 Å². The lowest BCUT2D eigenvalue weighted by Gasteiger charge is -2.16. The summed E-state index contributed by atoms with van der Waals surface area (Å²) in [4.78, 5) is 47.1. The topological polar surface area (TPSA) is 125 Å². The van der Waals surface area contributed by atoms with E-state index in [0.717, 1.165) is 6.42 Å². The summed E-state index contributed by atoms with van der Waals surface area (Å²) >= 11 is 0. The van der Waals surface area contributed by atoms with E-state index in [1.807, 2.05) is 20.8 Å². The number of carboxylic acids is 1. The molecule has 1 saturated carbocycles. The Morgan fingerprint density at radius 2 is 1.75 bits per heavy atom. The minimum atomic E-state index is -1.10. The zero-order chi connectivity index (χ0) is 20.8. The van der Waals surface area contributed by atoms with E-state index >= 15 is 0 Å². The molecule has 0 aliphatic heterocycles. The first-order valence-electron chi connectivity index (χ1n) is 9.38. The van der Waals surface area contributed by atoms with Crippen LogP contribution in [-0.4, -0.2) is 41.4 Å². The summed E-state index contributed by atoms with van der Waals surface area (Å²) in [5.74, 6) is -1.56. The third kappa shape index (κ3) is 6.37. The van der Waals surface area contributed by atoms with Gasteiger partial charge in [-0.2, -0.15) is 0 Å². The number of carbonyl (C=O) groups excluding carboxylic acids is 3. The molecule has 1 aromatic carbocycles. The first kappa shape index (κ1) is 21.4. The van der Waals surface area contributed by atoms with Crippen molar-refractivity contribution < 1.29 is 24.3 Å². The number of benzene rings is 1. The second-order valence-corrected chi connectivity index (χ2v) is 7.66. The molecule has 8 nitrogen and oxygen atoms in total. The van der Waals surface area contributed by atoms with Crippen molar-refractivity contribution in [1.29, 1.82) is 0 Å². The molecule has 0 spiro atoms. The Bertz CT molecular complexity index is 745. The molecule has 2 rings (SSSR count). The predicted octanol–water partition coefficient (Wildman–Crippen LogP) is 1.63. The molecule has 1 fully saturated rings. The molecule has 2 unspecified atom stereocenters. The Hall–Kier alpha value is -2.90. The van der Waals surface area contributed by atoms with Gasteiger partial charge in [0.2, 0.25) is 11.8 Å². The van der Waals surface area contributed by atoms with Crippen LogP contribution in [0, 0.1) is 17.8 Å². The summed E-state index contributed by atoms with van der Waals surface area (Å²) in [6, 6.07) is 5.38. The highest BCUT2D eigenvalue weighted by molar-refractivity contribution is 5.98. The van der Waals surface area contributed by atoms with Crippen molar-refractivity contribution in [2.75, 3.05) is 11.9 Å². The highest BCUT2D eigenvalue weighted by atomic mass is 16.4. The van der Waals surface area contributed by atoms with Crippen LogP contribution in [0.2, 0.25) is 0 Å². The molecule has 0 radical (unpaired) electrons. The Balaban J connectivity index is 1.81. The fourth-order valence-corrected chi connectivity index (χ4v) is 2.83. The van der Waals surface area contributed by atoms with E-state index in [2.05, 4.69) is 16.0 Å². The number of aliphatic carboxylic acids is 1. The van der Waals surface area contributed by atoms with Gasteiger partial charge in [-0.25, -0.2) is 4.79 Å². The van der Waals surface area contributed by atoms with Crippen molar-refractivity contribution in [2.24, 2.45) is 17.8 Å². The van der Waals surface area contributed by atoms with Gasteiger partial charge in [-0.05, 0) is 48.9 Å². The van der Waals surface area contributed by atoms with Gasteiger partial charge in [0.15, 0.2) is 0 Å². The van der Waals surface area contributed by atoms with E-state index in [4.69, 9.17) is 5.11 Å². The average molecular weight is 389 g/mol. The molecular formula is C20H27N3O5. The molecule has 3 amide bonds. The Labute approximate surface area is 164 Å². The fourth-order valence-electron chi connectivity index (χ4n) is 2.83. The highest BCUT2D eigenvalue weighted by Gasteiger charge is 2.39. The van der Waals surface area contributed by atoms with E-state index in [1.54, 1.807) is 24.3 Å². The Morgan fingerprint density at radius 1 is 1.14 bits per heavy atom. The monoisotopic (exact) mass is 389 g/mol. The molecule has 8 heteroatoms. The fraction of sp³-hybridized carbons (Fsp3) is 0.500. The van der Waals surface area contributed by atoms with Gasteiger partial charge >= 0.3 is 5.97 Å². The number of amides is 3. The van der Waals surface area contributed by atoms with Crippen LogP contribution in [-0.2, 0) is 14.4 Å². The molecule has 1 aromatic rings. The second-order valence-electron chi connectivity index (χ2n) is 7.66. The number of carbonyl (C=O) groups is 4. The van der Waals surface area contributed by atoms with Crippen LogP contribution >= 0.6 is 0 Å². The van der Waals surface area contributed by atoms with Gasteiger partial charge in [-0.1, -0.05) is 20.8 Å². The molecular weight excluding hydrogens is 362 g/mol. The number of carboxylic acid groups (broad SMARTS) is 1. The maximum atomic E-state index is 12.1. The third-order valence-corrected chi connectivity index (χ3v) is 4.61. The normalized spacial score (nSPS) is 18.9. The van der Waals surface area contributed by atoms with E-state index < -0.39 is 23.8 Å². The van der Waals surface area contributed by atoms with Gasteiger partial charge in [-0.3, -0.25) is 14.4 Å². The van der Waals surface area contributed by atoms with E-state index in [0.29, 0.717) is 23.6 Å². The molecule has 4 N–H and O–H groups in total. The molecule has 0 aromatic heterocycles. The standard InChI is InChI=1S/C20H27N3O5/c1-11(2)8-16(20(27)28)23-17(24)10-21-18(25)13-4-6-14(7-5-13)22-19(26)15-9-12(15)3/h4-7,11-12,15-16H,8-10H2,1-3H3,(H,21,25)(H,22,26)(H,23,24)(H,27,28)/t12?,15?,16-/m0/s1. The Morgan fingerprint density at radius 3 is 2.25 bits per heavy atom. The minimum Gasteiger partial charge on any atom is -0.480 e. The molecule has 28 heavy (non-hydrogen) atoms. The van der Waals surface area contributed by atoms with Crippen molar-refractivity contribution in [3.05, 3.63) is 29.8 Å². The van der Waals surface area contributed by atoms with Gasteiger partial charge in [0.1, 0.15) is 6.04 Å². The van der Waals surface area contributed by atoms with Crippen LogP contribution in [0.1, 0.15) is 44.0 Å². The van der Waals surface area contributed by atoms with Crippen LogP contribution < -0.4 is 16.0 Å². The lowest BCUT2D eigenvalue weighted by atomic mass is 10.0. The first-order valence-corrected chi connectivity index (χ1v) is 9.38. The largest absolute Gasteiger partial charge is 0.480 e. The van der Waals surface area contributed by atoms with Crippen molar-refractivity contribution >= 4 is 29.4 Å². The Kier molecular flexibility index (Phi) is 7.14. The molecule has 0 heterocycles. The quantitative estimate of drug-likeness (QED) is 0.511. The number of hydrogen-bond acceptors (Lipinski definition) is 4. The summed E-state index contributed by atoms with van der Waals surface area (Å²) in [6.07, 6.45) is 1.20. The lowest BCUT2D eigenvalue weighted by molar-refractivity contribution is -0.142. The summed E-state index contributed by atoms with van der Waals surface area (Å²) in [5, 5.41) is 16.8. The molecule has 0 bridgehead atoms. The molecule has 3 atom stereocenters. The number of nitrogens with one attached hydrogen (secondary N) is 3. The first-order chi connectivity index (χ1) is 13.2. The molecule has 1 aliphatic carbocycles. The number of rotatable bonds is 9. The van der Waals surface area contributed by atoms with Gasteiger partial charge in [0.25, 0.3) is 5.91 Å². The zero-order valence-electron chi connectivity index (χ0n) is 16.3. The average Bonchev–Trinajstić information content (AvgIpc) is 3.36. The maximum absolute atomic E-state index is 12.1. The zero-order valence-corrected chi connectivity index (χ0v) is 16.3. The van der Waals surface area contributed by atoms with Gasteiger partial charge < -0.3 is 21.1 Å². The van der Waals surface area contributed by atoms with Gasteiger partial charge in [-0.15, -0.1) is 0 Å². The van der Waals surface area contributed by atoms with Gasteiger partial charge in [0.05, 0.1) is 6.54 Å². The van der Waals surface area contributed by atoms with Crippen molar-refractivity contribution in [3.8, 4) is 0 Å². The van der Waals surface area contributed by atoms with Gasteiger partial charge in [0, 0.05) is 17.2 Å². The van der Waals surface area contributed by atoms with E-state index in [1.165, 1.54) is 0 Å². The van der Waals surface area contributed by atoms with Crippen LogP contribution in [0.5, 0.6) is 0 Å². The second kappa shape index (κ2) is 9.34. The molecule has 0 saturated heterocycles. The van der Waals surface area contributed by atoms with Crippen molar-refractivity contribution in [2.45, 2.75) is 39.7 Å². The SMILES string of the molecule is CC(C)C[C@H](NC(=O)CNC(=O)c1ccc(NC(=O)C2CC2C)cc1)C(=O)O. The summed E-state index contributed by atoms with van der Waals surface area (Å²) in [7, 11) is 0. The van der Waals surface area contributed by atoms with Crippen molar-refractivity contribution in [3.63, 3.8) is 0 Å². The van der Waals surface area contributed by atoms with Crippen LogP contribution in [0.25, 0.3) is 0 Å². The van der Waals surface area contributed by atoms with E-state index in [-0.39, 0.29) is 24.3 Å². The summed E-state index contributed by atoms with van der Waals surface area (Å²) < 4.78 is 0. The summed E-state index contributed by atoms with van der Waals surface area (Å²) in [6.45, 7) is 5.43.